The Morgan fingerprint density at radius 3 is 2.75 bits per heavy atom. The van der Waals surface area contributed by atoms with Gasteiger partial charge in [-0.25, -0.2) is 4.99 Å². The lowest BCUT2D eigenvalue weighted by atomic mass is 10.2. The van der Waals surface area contributed by atoms with Crippen molar-refractivity contribution in [2.24, 2.45) is 4.99 Å². The Morgan fingerprint density at radius 1 is 1.29 bits per heavy atom. The summed E-state index contributed by atoms with van der Waals surface area (Å²) in [6.45, 7) is 6.82. The van der Waals surface area contributed by atoms with Crippen LogP contribution >= 0.6 is 47.1 Å². The molecule has 0 radical (unpaired) electrons. The van der Waals surface area contributed by atoms with Gasteiger partial charge in [-0.2, -0.15) is 11.8 Å². The Morgan fingerprint density at radius 2 is 2.12 bits per heavy atom. The van der Waals surface area contributed by atoms with Gasteiger partial charge in [-0.15, -0.1) is 35.3 Å². The van der Waals surface area contributed by atoms with Crippen molar-refractivity contribution in [2.45, 2.75) is 31.6 Å². The topological polar surface area (TPSA) is 49.6 Å². The van der Waals surface area contributed by atoms with Gasteiger partial charge < -0.3 is 15.1 Å². The van der Waals surface area contributed by atoms with Crippen LogP contribution in [-0.4, -0.2) is 30.1 Å². The number of rotatable bonds is 8. The number of hydrogen-bond acceptors (Lipinski definition) is 4. The number of thiophene rings is 1. The minimum atomic E-state index is 0. The molecule has 134 valence electrons. The molecule has 0 unspecified atom stereocenters. The predicted octanol–water partition coefficient (Wildman–Crippen LogP) is 4.38. The molecule has 0 fully saturated rings. The van der Waals surface area contributed by atoms with Crippen molar-refractivity contribution in [3.05, 3.63) is 46.5 Å². The van der Waals surface area contributed by atoms with Crippen LogP contribution in [0.1, 0.15) is 24.5 Å². The van der Waals surface area contributed by atoms with E-state index in [2.05, 4.69) is 53.2 Å². The molecule has 2 aromatic heterocycles. The zero-order valence-electron chi connectivity index (χ0n) is 14.4. The molecule has 24 heavy (non-hydrogen) atoms. The minimum absolute atomic E-state index is 0. The summed E-state index contributed by atoms with van der Waals surface area (Å²) < 4.78 is 5.54. The van der Waals surface area contributed by atoms with Crippen LogP contribution in [0, 0.1) is 0 Å². The van der Waals surface area contributed by atoms with Gasteiger partial charge in [0.15, 0.2) is 5.96 Å². The number of furan rings is 1. The van der Waals surface area contributed by atoms with E-state index in [0.29, 0.717) is 6.54 Å². The summed E-state index contributed by atoms with van der Waals surface area (Å²) in [6, 6.07) is 8.08. The molecule has 0 aliphatic heterocycles. The molecule has 2 rings (SSSR count). The molecule has 0 aromatic carbocycles. The summed E-state index contributed by atoms with van der Waals surface area (Å²) >= 11 is 3.58. The fourth-order valence-corrected chi connectivity index (χ4v) is 2.71. The van der Waals surface area contributed by atoms with Crippen molar-refractivity contribution in [1.29, 1.82) is 0 Å². The second kappa shape index (κ2) is 11.0. The molecule has 0 aliphatic carbocycles. The van der Waals surface area contributed by atoms with E-state index >= 15 is 0 Å². The second-order valence-electron chi connectivity index (χ2n) is 5.82. The molecule has 2 heterocycles. The van der Waals surface area contributed by atoms with E-state index in [9.17, 15) is 0 Å². The lowest BCUT2D eigenvalue weighted by Crippen LogP contribution is -2.44. The number of nitrogens with zero attached hydrogens (tertiary/aromatic N) is 1. The first-order valence-electron chi connectivity index (χ1n) is 7.71. The second-order valence-corrected chi connectivity index (χ2v) is 8.36. The fourth-order valence-electron chi connectivity index (χ4n) is 1.86. The van der Waals surface area contributed by atoms with Crippen molar-refractivity contribution in [2.75, 3.05) is 19.3 Å². The Hall–Kier alpha value is -0.670. The molecule has 0 bridgehead atoms. The fraction of sp³-hybridized carbons (Fsp3) is 0.471. The van der Waals surface area contributed by atoms with Crippen molar-refractivity contribution >= 4 is 53.0 Å². The average molecular weight is 479 g/mol. The summed E-state index contributed by atoms with van der Waals surface area (Å²) in [4.78, 5) is 5.95. The Bertz CT molecular complexity index is 583. The smallest absolute Gasteiger partial charge is 0.191 e. The van der Waals surface area contributed by atoms with E-state index < -0.39 is 0 Å². The van der Waals surface area contributed by atoms with Crippen molar-refractivity contribution in [1.82, 2.24) is 10.6 Å². The maximum Gasteiger partial charge on any atom is 0.191 e. The van der Waals surface area contributed by atoms with E-state index in [4.69, 9.17) is 4.42 Å². The lowest BCUT2D eigenvalue weighted by molar-refractivity contribution is 0.506. The summed E-state index contributed by atoms with van der Waals surface area (Å²) in [6.07, 6.45) is 4.69. The van der Waals surface area contributed by atoms with Crippen LogP contribution in [0.3, 0.4) is 0 Å². The molecular weight excluding hydrogens is 453 g/mol. The van der Waals surface area contributed by atoms with Crippen molar-refractivity contribution < 1.29 is 4.42 Å². The number of halogens is 1. The highest BCUT2D eigenvalue weighted by Crippen LogP contribution is 2.19. The maximum absolute atomic E-state index is 5.36. The third-order valence-corrected chi connectivity index (χ3v) is 5.56. The molecule has 2 N–H and O–H groups in total. The third kappa shape index (κ3) is 7.94. The monoisotopic (exact) mass is 479 g/mol. The zero-order valence-corrected chi connectivity index (χ0v) is 18.3. The van der Waals surface area contributed by atoms with Crippen LogP contribution in [0.4, 0.5) is 0 Å². The standard InChI is InChI=1S/C17H25N3OS2.HI/c1-17(2,22-3)13-20-16(19-12-15-7-5-11-23-15)18-9-8-14-6-4-10-21-14;/h4-7,10-11H,8-9,12-13H2,1-3H3,(H2,18,19,20);1H. The quantitative estimate of drug-likeness (QED) is 0.335. The average Bonchev–Trinajstić information content (AvgIpc) is 3.23. The molecular formula is C17H26IN3OS2. The van der Waals surface area contributed by atoms with Crippen LogP contribution in [0.5, 0.6) is 0 Å². The first-order chi connectivity index (χ1) is 11.1. The van der Waals surface area contributed by atoms with Crippen molar-refractivity contribution in [3.8, 4) is 0 Å². The van der Waals surface area contributed by atoms with Crippen LogP contribution in [-0.2, 0) is 13.0 Å². The van der Waals surface area contributed by atoms with Crippen LogP contribution in [0.15, 0.2) is 45.3 Å². The normalized spacial score (nSPS) is 11.9. The highest BCUT2D eigenvalue weighted by molar-refractivity contribution is 14.0. The number of aliphatic imine (C=N–C) groups is 1. The van der Waals surface area contributed by atoms with Gasteiger partial charge >= 0.3 is 0 Å². The number of guanidine groups is 1. The number of thioether (sulfide) groups is 1. The Balaban J connectivity index is 0.00000288. The van der Waals surface area contributed by atoms with Gasteiger partial charge in [0.1, 0.15) is 5.76 Å². The van der Waals surface area contributed by atoms with Crippen molar-refractivity contribution in [3.63, 3.8) is 0 Å². The predicted molar refractivity (Wildman–Crippen MR) is 117 cm³/mol. The summed E-state index contributed by atoms with van der Waals surface area (Å²) in [5, 5.41) is 8.92. The Labute approximate surface area is 169 Å². The van der Waals surface area contributed by atoms with E-state index in [1.807, 2.05) is 23.9 Å². The van der Waals surface area contributed by atoms with Crippen LogP contribution in [0.2, 0.25) is 0 Å². The lowest BCUT2D eigenvalue weighted by Gasteiger charge is -2.24. The first-order valence-corrected chi connectivity index (χ1v) is 9.81. The van der Waals surface area contributed by atoms with Crippen LogP contribution < -0.4 is 10.6 Å². The molecule has 2 aromatic rings. The van der Waals surface area contributed by atoms with Gasteiger partial charge in [-0.3, -0.25) is 0 Å². The van der Waals surface area contributed by atoms with Gasteiger partial charge in [0.2, 0.25) is 0 Å². The molecule has 7 heteroatoms. The SMILES string of the molecule is CSC(C)(C)CNC(=NCc1cccs1)NCCc1ccco1.I. The molecule has 0 atom stereocenters. The number of nitrogens with one attached hydrogen (secondary N) is 2. The number of hydrogen-bond donors (Lipinski definition) is 2. The molecule has 0 spiro atoms. The first kappa shape index (κ1) is 21.4. The van der Waals surface area contributed by atoms with Gasteiger partial charge in [0.05, 0.1) is 12.8 Å². The van der Waals surface area contributed by atoms with Gasteiger partial charge in [-0.1, -0.05) is 6.07 Å². The van der Waals surface area contributed by atoms with Gasteiger partial charge in [0.25, 0.3) is 0 Å². The zero-order chi connectivity index (χ0) is 16.5. The molecule has 0 aliphatic rings. The van der Waals surface area contributed by atoms with Crippen LogP contribution in [0.25, 0.3) is 0 Å². The maximum atomic E-state index is 5.36. The molecule has 4 nitrogen and oxygen atoms in total. The summed E-state index contributed by atoms with van der Waals surface area (Å²) in [7, 11) is 0. The summed E-state index contributed by atoms with van der Waals surface area (Å²) in [5.41, 5.74) is 0. The Kier molecular flexibility index (Phi) is 9.84. The highest BCUT2D eigenvalue weighted by Gasteiger charge is 2.16. The summed E-state index contributed by atoms with van der Waals surface area (Å²) in [5.74, 6) is 1.84. The van der Waals surface area contributed by atoms with E-state index in [1.165, 1.54) is 4.88 Å². The van der Waals surface area contributed by atoms with E-state index in [0.717, 1.165) is 31.2 Å². The van der Waals surface area contributed by atoms with Gasteiger partial charge in [-0.05, 0) is 43.7 Å². The largest absolute Gasteiger partial charge is 0.469 e. The molecule has 0 amide bonds. The third-order valence-electron chi connectivity index (χ3n) is 3.45. The van der Waals surface area contributed by atoms with E-state index in [1.54, 1.807) is 17.6 Å². The molecule has 0 saturated heterocycles. The molecule has 0 saturated carbocycles. The van der Waals surface area contributed by atoms with Gasteiger partial charge in [0, 0.05) is 29.1 Å². The van der Waals surface area contributed by atoms with E-state index in [-0.39, 0.29) is 28.7 Å². The minimum Gasteiger partial charge on any atom is -0.469 e. The highest BCUT2D eigenvalue weighted by atomic mass is 127.